The number of hydrogen-bond acceptors (Lipinski definition) is 6. The number of carbonyl (C=O) groups is 3. The highest BCUT2D eigenvalue weighted by Gasteiger charge is 2.19. The smallest absolute Gasteiger partial charge is 0.306 e. The van der Waals surface area contributed by atoms with Gasteiger partial charge >= 0.3 is 17.9 Å². The quantitative estimate of drug-likeness (QED) is 0.0261. The summed E-state index contributed by atoms with van der Waals surface area (Å²) in [5.74, 6) is -0.884. The van der Waals surface area contributed by atoms with E-state index in [2.05, 4.69) is 106 Å². The van der Waals surface area contributed by atoms with Gasteiger partial charge in [0.1, 0.15) is 13.2 Å². The topological polar surface area (TPSA) is 78.9 Å². The summed E-state index contributed by atoms with van der Waals surface area (Å²) in [4.78, 5) is 38.5. The fraction of sp³-hybridized carbons (Fsp3) is 0.779. The van der Waals surface area contributed by atoms with Crippen LogP contribution in [0.1, 0.15) is 367 Å². The first kappa shape index (κ1) is 79.6. The molecule has 480 valence electrons. The molecule has 0 aliphatic carbocycles. The van der Waals surface area contributed by atoms with Crippen molar-refractivity contribution in [3.05, 3.63) is 85.1 Å². The van der Waals surface area contributed by atoms with Crippen molar-refractivity contribution in [3.63, 3.8) is 0 Å². The van der Waals surface area contributed by atoms with Gasteiger partial charge in [0.15, 0.2) is 6.10 Å². The molecule has 0 amide bonds. The summed E-state index contributed by atoms with van der Waals surface area (Å²) in [5.41, 5.74) is 0. The van der Waals surface area contributed by atoms with E-state index < -0.39 is 6.10 Å². The average molecular weight is 1160 g/mol. The molecular weight excluding hydrogens is 1020 g/mol. The number of rotatable bonds is 66. The molecule has 0 heterocycles. The Labute approximate surface area is 515 Å². The van der Waals surface area contributed by atoms with E-state index in [0.717, 1.165) is 109 Å². The van der Waals surface area contributed by atoms with Gasteiger partial charge in [0.05, 0.1) is 0 Å². The number of unbranched alkanes of at least 4 members (excludes halogenated alkanes) is 41. The summed E-state index contributed by atoms with van der Waals surface area (Å²) >= 11 is 0. The van der Waals surface area contributed by atoms with Gasteiger partial charge in [-0.25, -0.2) is 0 Å². The van der Waals surface area contributed by atoms with E-state index in [9.17, 15) is 14.4 Å². The van der Waals surface area contributed by atoms with Crippen LogP contribution in [0.15, 0.2) is 85.1 Å². The Morgan fingerprint density at radius 1 is 0.253 bits per heavy atom. The molecule has 0 rings (SSSR count). The minimum Gasteiger partial charge on any atom is -0.462 e. The second-order valence-electron chi connectivity index (χ2n) is 24.1. The minimum atomic E-state index is -0.790. The summed E-state index contributed by atoms with van der Waals surface area (Å²) in [6.07, 6.45) is 94.6. The molecule has 0 saturated heterocycles. The molecule has 83 heavy (non-hydrogen) atoms. The van der Waals surface area contributed by atoms with Gasteiger partial charge in [-0.15, -0.1) is 0 Å². The van der Waals surface area contributed by atoms with Crippen molar-refractivity contribution in [1.29, 1.82) is 0 Å². The number of allylic oxidation sites excluding steroid dienone is 14. The van der Waals surface area contributed by atoms with Crippen molar-refractivity contribution in [2.75, 3.05) is 13.2 Å². The summed E-state index contributed by atoms with van der Waals surface area (Å²) in [6.45, 7) is 6.56. The van der Waals surface area contributed by atoms with Crippen LogP contribution in [0, 0.1) is 0 Å². The Bertz CT molecular complexity index is 1570. The van der Waals surface area contributed by atoms with E-state index in [4.69, 9.17) is 14.2 Å². The van der Waals surface area contributed by atoms with Crippen LogP contribution in [-0.2, 0) is 28.6 Å². The summed E-state index contributed by atoms with van der Waals surface area (Å²) < 4.78 is 17.0. The summed E-state index contributed by atoms with van der Waals surface area (Å²) in [5, 5.41) is 0. The molecule has 0 aromatic rings. The SMILES string of the molecule is CC/C=C\C/C=C\C/C=C\C/C=C\C/C=C\CCCCCCCC(=O)OC(COC(=O)CCCCCCCCCCC/C=C\CCCCCCCC)COC(=O)CCCCCCCCCCCCCCC/C=C\CCCCCCCCCC. The van der Waals surface area contributed by atoms with Crippen LogP contribution in [0.2, 0.25) is 0 Å². The van der Waals surface area contributed by atoms with Gasteiger partial charge in [-0.1, -0.05) is 318 Å². The van der Waals surface area contributed by atoms with Gasteiger partial charge < -0.3 is 14.2 Å². The van der Waals surface area contributed by atoms with E-state index >= 15 is 0 Å². The molecule has 0 aliphatic rings. The van der Waals surface area contributed by atoms with Crippen LogP contribution in [0.25, 0.3) is 0 Å². The maximum Gasteiger partial charge on any atom is 0.306 e. The van der Waals surface area contributed by atoms with Crippen molar-refractivity contribution in [1.82, 2.24) is 0 Å². The van der Waals surface area contributed by atoms with Crippen molar-refractivity contribution in [3.8, 4) is 0 Å². The third-order valence-corrected chi connectivity index (χ3v) is 15.9. The zero-order valence-corrected chi connectivity index (χ0v) is 55.2. The lowest BCUT2D eigenvalue weighted by Gasteiger charge is -2.18. The molecular formula is C77H136O6. The average Bonchev–Trinajstić information content (AvgIpc) is 3.50. The molecule has 0 spiro atoms. The summed E-state index contributed by atoms with van der Waals surface area (Å²) in [6, 6.07) is 0. The van der Waals surface area contributed by atoms with E-state index in [1.54, 1.807) is 0 Å². The number of esters is 3. The molecule has 0 radical (unpaired) electrons. The molecule has 0 bridgehead atoms. The standard InChI is InChI=1S/C77H136O6/c1-4-7-10-13-16-19-22-25-28-31-34-36-37-38-39-41-43-46-49-52-55-58-61-64-67-70-76(79)82-73-74(72-81-75(78)69-66-63-60-57-54-51-48-45-42-33-30-27-24-21-18-15-12-9-6-3)83-77(80)71-68-65-62-59-56-53-50-47-44-40-35-32-29-26-23-20-17-14-11-8-5-2/h8,11,17,20,26-27,29-31,34-35,40,47,50,74H,4-7,9-10,12-16,18-19,21-25,28,32-33,36-39,41-46,48-49,51-73H2,1-3H3/b11-8-,20-17-,29-26-,30-27-,34-31-,40-35-,50-47-. The molecule has 0 aliphatic heterocycles. The maximum atomic E-state index is 13.0. The van der Waals surface area contributed by atoms with Gasteiger partial charge in [-0.3, -0.25) is 14.4 Å². The molecule has 1 atom stereocenters. The second kappa shape index (κ2) is 71.1. The van der Waals surface area contributed by atoms with Crippen LogP contribution < -0.4 is 0 Å². The molecule has 0 aromatic carbocycles. The fourth-order valence-electron chi connectivity index (χ4n) is 10.5. The van der Waals surface area contributed by atoms with Crippen LogP contribution in [0.5, 0.6) is 0 Å². The molecule has 1 unspecified atom stereocenters. The van der Waals surface area contributed by atoms with Crippen molar-refractivity contribution in [2.24, 2.45) is 0 Å². The van der Waals surface area contributed by atoms with Crippen LogP contribution in [0.4, 0.5) is 0 Å². The van der Waals surface area contributed by atoms with E-state index in [-0.39, 0.29) is 31.1 Å². The second-order valence-corrected chi connectivity index (χ2v) is 24.1. The van der Waals surface area contributed by atoms with E-state index in [1.165, 1.54) is 218 Å². The monoisotopic (exact) mass is 1160 g/mol. The fourth-order valence-corrected chi connectivity index (χ4v) is 10.5. The molecule has 6 heteroatoms. The van der Waals surface area contributed by atoms with E-state index in [0.29, 0.717) is 19.3 Å². The predicted octanol–water partition coefficient (Wildman–Crippen LogP) is 25.0. The Balaban J connectivity index is 4.37. The zero-order valence-electron chi connectivity index (χ0n) is 55.2. The van der Waals surface area contributed by atoms with Crippen molar-refractivity contribution in [2.45, 2.75) is 374 Å². The molecule has 0 saturated carbocycles. The normalized spacial score (nSPS) is 12.6. The molecule has 0 fully saturated rings. The van der Waals surface area contributed by atoms with Crippen LogP contribution in [0.3, 0.4) is 0 Å². The highest BCUT2D eigenvalue weighted by Crippen LogP contribution is 2.17. The van der Waals surface area contributed by atoms with Gasteiger partial charge in [0.2, 0.25) is 0 Å². The van der Waals surface area contributed by atoms with Crippen LogP contribution in [-0.4, -0.2) is 37.2 Å². The lowest BCUT2D eigenvalue weighted by molar-refractivity contribution is -0.167. The number of ether oxygens (including phenoxy) is 3. The van der Waals surface area contributed by atoms with Gasteiger partial charge in [0.25, 0.3) is 0 Å². The van der Waals surface area contributed by atoms with E-state index in [1.807, 2.05) is 0 Å². The molecule has 0 N–H and O–H groups in total. The Morgan fingerprint density at radius 3 is 0.747 bits per heavy atom. The van der Waals surface area contributed by atoms with Gasteiger partial charge in [0, 0.05) is 19.3 Å². The predicted molar refractivity (Wildman–Crippen MR) is 362 cm³/mol. The van der Waals surface area contributed by atoms with Gasteiger partial charge in [-0.2, -0.15) is 0 Å². The molecule has 0 aromatic heterocycles. The van der Waals surface area contributed by atoms with Crippen LogP contribution >= 0.6 is 0 Å². The largest absolute Gasteiger partial charge is 0.462 e. The molecule has 6 nitrogen and oxygen atoms in total. The summed E-state index contributed by atoms with van der Waals surface area (Å²) in [7, 11) is 0. The van der Waals surface area contributed by atoms with Crippen molar-refractivity contribution < 1.29 is 28.6 Å². The highest BCUT2D eigenvalue weighted by molar-refractivity contribution is 5.71. The third kappa shape index (κ3) is 69.3. The number of carbonyl (C=O) groups excluding carboxylic acids is 3. The zero-order chi connectivity index (χ0) is 59.9. The first-order valence-corrected chi connectivity index (χ1v) is 36.1. The first-order chi connectivity index (χ1) is 41.0. The minimum absolute atomic E-state index is 0.0829. The lowest BCUT2D eigenvalue weighted by Crippen LogP contribution is -2.30. The van der Waals surface area contributed by atoms with Gasteiger partial charge in [-0.05, 0) is 116 Å². The third-order valence-electron chi connectivity index (χ3n) is 15.9. The highest BCUT2D eigenvalue weighted by atomic mass is 16.6. The van der Waals surface area contributed by atoms with Crippen molar-refractivity contribution >= 4 is 17.9 Å². The first-order valence-electron chi connectivity index (χ1n) is 36.1. The number of hydrogen-bond donors (Lipinski definition) is 0. The Kier molecular flexibility index (Phi) is 68.2. The maximum absolute atomic E-state index is 13.0. The Morgan fingerprint density at radius 2 is 0.470 bits per heavy atom. The lowest BCUT2D eigenvalue weighted by atomic mass is 10.0. The Hall–Kier alpha value is -3.41.